The van der Waals surface area contributed by atoms with E-state index in [0.717, 1.165) is 25.9 Å². The fourth-order valence-corrected chi connectivity index (χ4v) is 1.85. The molecule has 0 saturated heterocycles. The molecule has 4 nitrogen and oxygen atoms in total. The molecule has 0 aliphatic rings. The highest BCUT2D eigenvalue weighted by Gasteiger charge is 2.16. The number of hydrogen-bond donors (Lipinski definition) is 1. The van der Waals surface area contributed by atoms with E-state index < -0.39 is 5.97 Å². The molecule has 0 radical (unpaired) electrons. The zero-order valence-corrected chi connectivity index (χ0v) is 10.8. The molecule has 0 aliphatic carbocycles. The first kappa shape index (κ1) is 13.6. The minimum Gasteiger partial charge on any atom is -0.475 e. The van der Waals surface area contributed by atoms with Gasteiger partial charge in [-0.15, -0.1) is 0 Å². The highest BCUT2D eigenvalue weighted by molar-refractivity contribution is 5.84. The number of carboxylic acid groups (broad SMARTS) is 1. The summed E-state index contributed by atoms with van der Waals surface area (Å²) in [5.41, 5.74) is 0. The molecule has 0 fully saturated rings. The first-order valence-corrected chi connectivity index (χ1v) is 6.20. The molecule has 96 valence electrons. The van der Waals surface area contributed by atoms with Gasteiger partial charge < -0.3 is 14.4 Å². The number of nitrogens with zero attached hydrogens (tertiary/aromatic N) is 1. The lowest BCUT2D eigenvalue weighted by Gasteiger charge is -2.24. The van der Waals surface area contributed by atoms with E-state index in [1.807, 2.05) is 6.92 Å². The Hall–Kier alpha value is -1.45. The van der Waals surface area contributed by atoms with Gasteiger partial charge in [0.15, 0.2) is 5.88 Å². The Morgan fingerprint density at radius 2 is 2.00 bits per heavy atom. The van der Waals surface area contributed by atoms with Crippen LogP contribution in [0.1, 0.15) is 44.2 Å². The van der Waals surface area contributed by atoms with Gasteiger partial charge in [-0.2, -0.15) is 0 Å². The van der Waals surface area contributed by atoms with Crippen molar-refractivity contribution in [3.05, 3.63) is 17.9 Å². The molecule has 1 aromatic rings. The van der Waals surface area contributed by atoms with Crippen LogP contribution in [0, 0.1) is 5.92 Å². The van der Waals surface area contributed by atoms with Gasteiger partial charge in [-0.1, -0.05) is 26.7 Å². The van der Waals surface area contributed by atoms with Gasteiger partial charge >= 0.3 is 5.97 Å². The van der Waals surface area contributed by atoms with Crippen molar-refractivity contribution in [2.24, 2.45) is 5.92 Å². The lowest BCUT2D eigenvalue weighted by atomic mass is 10.0. The second kappa shape index (κ2) is 6.33. The van der Waals surface area contributed by atoms with E-state index in [0.29, 0.717) is 11.8 Å². The van der Waals surface area contributed by atoms with Gasteiger partial charge in [-0.05, 0) is 18.9 Å². The van der Waals surface area contributed by atoms with E-state index in [1.165, 1.54) is 6.07 Å². The van der Waals surface area contributed by atoms with Gasteiger partial charge in [0.05, 0.1) is 0 Å². The second-order valence-electron chi connectivity index (χ2n) is 4.16. The average Bonchev–Trinajstić information content (AvgIpc) is 2.80. The maximum absolute atomic E-state index is 10.7. The van der Waals surface area contributed by atoms with Crippen LogP contribution in [0.25, 0.3) is 0 Å². The minimum absolute atomic E-state index is 0.00277. The normalized spacial score (nSPS) is 10.8. The van der Waals surface area contributed by atoms with E-state index in [1.54, 1.807) is 6.07 Å². The van der Waals surface area contributed by atoms with Crippen LogP contribution >= 0.6 is 0 Å². The van der Waals surface area contributed by atoms with Crippen LogP contribution in [0.4, 0.5) is 5.88 Å². The molecule has 0 aromatic carbocycles. The van der Waals surface area contributed by atoms with Crippen molar-refractivity contribution in [2.45, 2.75) is 33.6 Å². The predicted octanol–water partition coefficient (Wildman–Crippen LogP) is 3.24. The standard InChI is InChI=1S/C13H21NO3/c1-4-10(5-2)9-14(6-3)12-8-7-11(17-12)13(15)16/h7-8,10H,4-6,9H2,1-3H3,(H,15,16). The van der Waals surface area contributed by atoms with E-state index in [4.69, 9.17) is 9.52 Å². The van der Waals surface area contributed by atoms with Crippen molar-refractivity contribution in [2.75, 3.05) is 18.0 Å². The molecular formula is C13H21NO3. The Kier molecular flexibility index (Phi) is 5.07. The summed E-state index contributed by atoms with van der Waals surface area (Å²) in [6.45, 7) is 8.13. The number of carbonyl (C=O) groups is 1. The van der Waals surface area contributed by atoms with Crippen molar-refractivity contribution >= 4 is 11.9 Å². The van der Waals surface area contributed by atoms with Crippen LogP contribution in [0.15, 0.2) is 16.5 Å². The van der Waals surface area contributed by atoms with E-state index in [-0.39, 0.29) is 5.76 Å². The molecule has 1 aromatic heterocycles. The van der Waals surface area contributed by atoms with Gasteiger partial charge in [0.1, 0.15) is 0 Å². The fourth-order valence-electron chi connectivity index (χ4n) is 1.85. The number of furan rings is 1. The summed E-state index contributed by atoms with van der Waals surface area (Å²) in [5, 5.41) is 8.81. The van der Waals surface area contributed by atoms with Crippen molar-refractivity contribution in [1.29, 1.82) is 0 Å². The first-order chi connectivity index (χ1) is 8.12. The molecule has 1 N–H and O–H groups in total. The topological polar surface area (TPSA) is 53.7 Å². The molecule has 0 amide bonds. The predicted molar refractivity (Wildman–Crippen MR) is 67.6 cm³/mol. The summed E-state index contributed by atoms with van der Waals surface area (Å²) in [6.07, 6.45) is 2.25. The van der Waals surface area contributed by atoms with E-state index in [2.05, 4.69) is 18.7 Å². The largest absolute Gasteiger partial charge is 0.475 e. The molecular weight excluding hydrogens is 218 g/mol. The summed E-state index contributed by atoms with van der Waals surface area (Å²) in [6, 6.07) is 3.24. The molecule has 0 atom stereocenters. The maximum Gasteiger partial charge on any atom is 0.371 e. The van der Waals surface area contributed by atoms with Crippen LogP contribution in [0.2, 0.25) is 0 Å². The third kappa shape index (κ3) is 3.51. The average molecular weight is 239 g/mol. The highest BCUT2D eigenvalue weighted by atomic mass is 16.4. The molecule has 0 spiro atoms. The lowest BCUT2D eigenvalue weighted by Crippen LogP contribution is -2.28. The van der Waals surface area contributed by atoms with Gasteiger partial charge in [0.2, 0.25) is 5.76 Å². The summed E-state index contributed by atoms with van der Waals surface area (Å²) < 4.78 is 5.31. The quantitative estimate of drug-likeness (QED) is 0.793. The monoisotopic (exact) mass is 239 g/mol. The SMILES string of the molecule is CCC(CC)CN(CC)c1ccc(C(=O)O)o1. The van der Waals surface area contributed by atoms with Crippen molar-refractivity contribution < 1.29 is 14.3 Å². The summed E-state index contributed by atoms with van der Waals surface area (Å²) in [5.74, 6) is 0.253. The number of anilines is 1. The molecule has 0 unspecified atom stereocenters. The molecule has 1 rings (SSSR count). The second-order valence-corrected chi connectivity index (χ2v) is 4.16. The Morgan fingerprint density at radius 1 is 1.35 bits per heavy atom. The zero-order chi connectivity index (χ0) is 12.8. The third-order valence-corrected chi connectivity index (χ3v) is 3.13. The highest BCUT2D eigenvalue weighted by Crippen LogP contribution is 2.21. The third-order valence-electron chi connectivity index (χ3n) is 3.13. The van der Waals surface area contributed by atoms with Gasteiger partial charge in [0.25, 0.3) is 0 Å². The number of rotatable bonds is 7. The van der Waals surface area contributed by atoms with Crippen LogP contribution < -0.4 is 4.90 Å². The van der Waals surface area contributed by atoms with Gasteiger partial charge in [0, 0.05) is 19.2 Å². The number of aromatic carboxylic acids is 1. The Morgan fingerprint density at radius 3 is 2.41 bits per heavy atom. The molecule has 0 bridgehead atoms. The fraction of sp³-hybridized carbons (Fsp3) is 0.615. The summed E-state index contributed by atoms with van der Waals surface area (Å²) in [4.78, 5) is 12.8. The molecule has 1 heterocycles. The van der Waals surface area contributed by atoms with Crippen LogP contribution in [-0.2, 0) is 0 Å². The molecule has 0 aliphatic heterocycles. The zero-order valence-electron chi connectivity index (χ0n) is 10.8. The Bertz CT molecular complexity index is 355. The summed E-state index contributed by atoms with van der Waals surface area (Å²) >= 11 is 0. The van der Waals surface area contributed by atoms with E-state index in [9.17, 15) is 4.79 Å². The number of hydrogen-bond acceptors (Lipinski definition) is 3. The van der Waals surface area contributed by atoms with Gasteiger partial charge in [-0.3, -0.25) is 0 Å². The lowest BCUT2D eigenvalue weighted by molar-refractivity contribution is 0.0663. The van der Waals surface area contributed by atoms with Crippen LogP contribution in [0.3, 0.4) is 0 Å². The van der Waals surface area contributed by atoms with Crippen molar-refractivity contribution in [3.63, 3.8) is 0 Å². The minimum atomic E-state index is -1.02. The summed E-state index contributed by atoms with van der Waals surface area (Å²) in [7, 11) is 0. The van der Waals surface area contributed by atoms with Crippen LogP contribution in [0.5, 0.6) is 0 Å². The van der Waals surface area contributed by atoms with E-state index >= 15 is 0 Å². The van der Waals surface area contributed by atoms with Crippen molar-refractivity contribution in [1.82, 2.24) is 0 Å². The maximum atomic E-state index is 10.7. The van der Waals surface area contributed by atoms with Crippen molar-refractivity contribution in [3.8, 4) is 0 Å². The van der Waals surface area contributed by atoms with Gasteiger partial charge in [-0.25, -0.2) is 4.79 Å². The molecule has 0 saturated carbocycles. The smallest absolute Gasteiger partial charge is 0.371 e. The molecule has 4 heteroatoms. The first-order valence-electron chi connectivity index (χ1n) is 6.20. The number of carboxylic acids is 1. The molecule has 17 heavy (non-hydrogen) atoms. The Labute approximate surface area is 102 Å². The Balaban J connectivity index is 2.75. The van der Waals surface area contributed by atoms with Crippen LogP contribution in [-0.4, -0.2) is 24.2 Å².